The summed E-state index contributed by atoms with van der Waals surface area (Å²) in [6.45, 7) is 1.37. The van der Waals surface area contributed by atoms with E-state index in [-0.39, 0.29) is 10.8 Å². The van der Waals surface area contributed by atoms with Gasteiger partial charge in [0.05, 0.1) is 37.2 Å². The van der Waals surface area contributed by atoms with Gasteiger partial charge in [-0.1, -0.05) is 0 Å². The molecule has 0 fully saturated rings. The second-order valence-electron chi connectivity index (χ2n) is 6.33. The molecule has 31 heavy (non-hydrogen) atoms. The molecule has 0 atom stereocenters. The third-order valence-electron chi connectivity index (χ3n) is 4.20. The first-order chi connectivity index (χ1) is 14.8. The van der Waals surface area contributed by atoms with E-state index < -0.39 is 10.0 Å². The van der Waals surface area contributed by atoms with Crippen molar-refractivity contribution < 1.29 is 22.7 Å². The second-order valence-corrected chi connectivity index (χ2v) is 7.99. The summed E-state index contributed by atoms with van der Waals surface area (Å²) < 4.78 is 35.4. The number of amides is 1. The number of nitrogens with one attached hydrogen (secondary N) is 3. The lowest BCUT2D eigenvalue weighted by molar-refractivity contribution is -0.114. The van der Waals surface area contributed by atoms with Crippen molar-refractivity contribution in [1.82, 2.24) is 15.0 Å². The fourth-order valence-electron chi connectivity index (χ4n) is 2.75. The average molecular weight is 443 g/mol. The summed E-state index contributed by atoms with van der Waals surface area (Å²) in [5, 5.41) is 13.3. The quantitative estimate of drug-likeness (QED) is 0.361. The van der Waals surface area contributed by atoms with Crippen LogP contribution in [-0.2, 0) is 14.8 Å². The highest BCUT2D eigenvalue weighted by molar-refractivity contribution is 7.89. The van der Waals surface area contributed by atoms with Crippen molar-refractivity contribution in [2.45, 2.75) is 11.8 Å². The number of benzene rings is 2. The standard InChI is InChI=1S/C20H21N5O5S/c1-13(26)23-16-5-7-17(8-6-16)31(27,28)25-22-12-15-11-21-24-20(15)14-4-9-18(29-2)19(10-14)30-3/h4-12,25H,1-3H3,(H,21,24)(H,23,26)/b22-12+. The van der Waals surface area contributed by atoms with Gasteiger partial charge in [-0.3, -0.25) is 9.89 Å². The van der Waals surface area contributed by atoms with Gasteiger partial charge in [-0.15, -0.1) is 0 Å². The average Bonchev–Trinajstić information content (AvgIpc) is 3.21. The lowest BCUT2D eigenvalue weighted by Gasteiger charge is -2.09. The number of carbonyl (C=O) groups excluding carboxylic acids is 1. The summed E-state index contributed by atoms with van der Waals surface area (Å²) in [5.74, 6) is 0.878. The van der Waals surface area contributed by atoms with Crippen molar-refractivity contribution in [2.75, 3.05) is 19.5 Å². The Labute approximate surface area is 179 Å². The lowest BCUT2D eigenvalue weighted by atomic mass is 10.1. The maximum absolute atomic E-state index is 12.4. The number of hydrogen-bond acceptors (Lipinski definition) is 7. The number of methoxy groups -OCH3 is 2. The van der Waals surface area contributed by atoms with Crippen molar-refractivity contribution in [3.63, 3.8) is 0 Å². The number of anilines is 1. The number of H-pyrrole nitrogens is 1. The van der Waals surface area contributed by atoms with Crippen LogP contribution in [0.25, 0.3) is 11.3 Å². The van der Waals surface area contributed by atoms with Gasteiger partial charge in [0.2, 0.25) is 5.91 Å². The highest BCUT2D eigenvalue weighted by Gasteiger charge is 2.14. The zero-order valence-corrected chi connectivity index (χ0v) is 17.9. The van der Waals surface area contributed by atoms with E-state index in [1.807, 2.05) is 6.07 Å². The molecule has 2 aromatic carbocycles. The molecule has 162 valence electrons. The third-order valence-corrected chi connectivity index (χ3v) is 5.44. The van der Waals surface area contributed by atoms with Crippen LogP contribution >= 0.6 is 0 Å². The first kappa shape index (κ1) is 21.8. The summed E-state index contributed by atoms with van der Waals surface area (Å²) in [5.41, 5.74) is 2.44. The molecule has 11 heteroatoms. The minimum absolute atomic E-state index is 0.00561. The van der Waals surface area contributed by atoms with Gasteiger partial charge in [0.25, 0.3) is 10.0 Å². The number of aromatic amines is 1. The first-order valence-electron chi connectivity index (χ1n) is 9.02. The van der Waals surface area contributed by atoms with Gasteiger partial charge in [0, 0.05) is 23.7 Å². The van der Waals surface area contributed by atoms with Gasteiger partial charge >= 0.3 is 0 Å². The van der Waals surface area contributed by atoms with Crippen LogP contribution in [0.5, 0.6) is 11.5 Å². The molecule has 3 rings (SSSR count). The number of hydrazone groups is 1. The summed E-state index contributed by atoms with van der Waals surface area (Å²) in [7, 11) is -0.801. The highest BCUT2D eigenvalue weighted by atomic mass is 32.2. The van der Waals surface area contributed by atoms with Gasteiger partial charge in [-0.05, 0) is 42.5 Å². The molecule has 0 aliphatic rings. The number of nitrogens with zero attached hydrogens (tertiary/aromatic N) is 2. The first-order valence-corrected chi connectivity index (χ1v) is 10.5. The van der Waals surface area contributed by atoms with Gasteiger partial charge in [-0.2, -0.15) is 18.6 Å². The summed E-state index contributed by atoms with van der Waals surface area (Å²) in [4.78, 5) is 13.2. The zero-order valence-electron chi connectivity index (χ0n) is 17.0. The molecule has 0 bridgehead atoms. The Morgan fingerprint density at radius 2 is 1.81 bits per heavy atom. The van der Waals surface area contributed by atoms with Gasteiger partial charge in [-0.25, -0.2) is 4.83 Å². The molecule has 0 saturated heterocycles. The van der Waals surface area contributed by atoms with Crippen LogP contribution in [-0.4, -0.2) is 45.0 Å². The molecule has 0 aliphatic heterocycles. The predicted molar refractivity (Wildman–Crippen MR) is 116 cm³/mol. The predicted octanol–water partition coefficient (Wildman–Crippen LogP) is 2.36. The topological polar surface area (TPSA) is 135 Å². The van der Waals surface area contributed by atoms with Crippen LogP contribution in [0, 0.1) is 0 Å². The molecule has 0 radical (unpaired) electrons. The Morgan fingerprint density at radius 1 is 1.10 bits per heavy atom. The number of sulfonamides is 1. The Morgan fingerprint density at radius 3 is 2.45 bits per heavy atom. The number of ether oxygens (including phenoxy) is 2. The smallest absolute Gasteiger partial charge is 0.276 e. The number of rotatable bonds is 8. The van der Waals surface area contributed by atoms with E-state index in [9.17, 15) is 13.2 Å². The van der Waals surface area contributed by atoms with E-state index in [0.717, 1.165) is 5.56 Å². The molecule has 0 unspecified atom stereocenters. The van der Waals surface area contributed by atoms with Crippen LogP contribution in [0.1, 0.15) is 12.5 Å². The highest BCUT2D eigenvalue weighted by Crippen LogP contribution is 2.32. The normalized spacial score (nSPS) is 11.3. The van der Waals surface area contributed by atoms with Crippen molar-refractivity contribution in [1.29, 1.82) is 0 Å². The van der Waals surface area contributed by atoms with Crippen LogP contribution in [0.3, 0.4) is 0 Å². The van der Waals surface area contributed by atoms with Crippen molar-refractivity contribution in [2.24, 2.45) is 5.10 Å². The van der Waals surface area contributed by atoms with Gasteiger partial charge in [0.15, 0.2) is 11.5 Å². The Bertz CT molecular complexity index is 1200. The number of carbonyl (C=O) groups is 1. The molecule has 1 aromatic heterocycles. The molecule has 0 aliphatic carbocycles. The Kier molecular flexibility index (Phi) is 6.55. The van der Waals surface area contributed by atoms with E-state index in [1.165, 1.54) is 50.7 Å². The SMILES string of the molecule is COc1ccc(-c2[nH]ncc2/C=N/NS(=O)(=O)c2ccc(NC(C)=O)cc2)cc1OC. The van der Waals surface area contributed by atoms with Crippen LogP contribution in [0.2, 0.25) is 0 Å². The molecule has 1 amide bonds. The van der Waals surface area contributed by atoms with Gasteiger partial charge < -0.3 is 14.8 Å². The van der Waals surface area contributed by atoms with Gasteiger partial charge in [0.1, 0.15) is 0 Å². The van der Waals surface area contributed by atoms with E-state index >= 15 is 0 Å². The van der Waals surface area contributed by atoms with E-state index in [0.29, 0.717) is 28.4 Å². The fraction of sp³-hybridized carbons (Fsp3) is 0.150. The van der Waals surface area contributed by atoms with Crippen molar-refractivity contribution >= 4 is 27.8 Å². The zero-order chi connectivity index (χ0) is 22.4. The van der Waals surface area contributed by atoms with Crippen molar-refractivity contribution in [3.05, 3.63) is 54.2 Å². The Hall–Kier alpha value is -3.86. The molecule has 3 aromatic rings. The van der Waals surface area contributed by atoms with Crippen molar-refractivity contribution in [3.8, 4) is 22.8 Å². The molecular weight excluding hydrogens is 422 g/mol. The summed E-state index contributed by atoms with van der Waals surface area (Å²) >= 11 is 0. The summed E-state index contributed by atoms with van der Waals surface area (Å²) in [6, 6.07) is 11.1. The molecule has 10 nitrogen and oxygen atoms in total. The molecule has 1 heterocycles. The van der Waals surface area contributed by atoms with E-state index in [4.69, 9.17) is 9.47 Å². The summed E-state index contributed by atoms with van der Waals surface area (Å²) in [6.07, 6.45) is 2.87. The molecule has 3 N–H and O–H groups in total. The maximum atomic E-state index is 12.4. The number of aromatic nitrogens is 2. The second kappa shape index (κ2) is 9.30. The molecule has 0 saturated carbocycles. The Balaban J connectivity index is 1.76. The maximum Gasteiger partial charge on any atom is 0.276 e. The minimum Gasteiger partial charge on any atom is -0.493 e. The fourth-order valence-corrected chi connectivity index (χ4v) is 3.55. The van der Waals surface area contributed by atoms with E-state index in [1.54, 1.807) is 19.2 Å². The largest absolute Gasteiger partial charge is 0.493 e. The molecular formula is C20H21N5O5S. The number of hydrogen-bond donors (Lipinski definition) is 3. The molecule has 0 spiro atoms. The van der Waals surface area contributed by atoms with Crippen LogP contribution < -0.4 is 19.6 Å². The van der Waals surface area contributed by atoms with E-state index in [2.05, 4.69) is 25.4 Å². The van der Waals surface area contributed by atoms with Crippen LogP contribution in [0.15, 0.2) is 58.7 Å². The lowest BCUT2D eigenvalue weighted by Crippen LogP contribution is -2.18. The minimum atomic E-state index is -3.88. The monoisotopic (exact) mass is 443 g/mol. The third kappa shape index (κ3) is 5.20. The van der Waals surface area contributed by atoms with Crippen LogP contribution in [0.4, 0.5) is 5.69 Å².